The van der Waals surface area contributed by atoms with E-state index in [4.69, 9.17) is 16.3 Å². The molecule has 38 heavy (non-hydrogen) atoms. The molecule has 202 valence electrons. The number of aliphatic carboxylic acids is 1. The van der Waals surface area contributed by atoms with Gasteiger partial charge >= 0.3 is 5.97 Å². The van der Waals surface area contributed by atoms with E-state index in [1.54, 1.807) is 18.9 Å². The number of likely N-dealkylation sites (N-methyl/N-ethyl adjacent to an activating group) is 1. The summed E-state index contributed by atoms with van der Waals surface area (Å²) in [5.74, 6) is -2.03. The fraction of sp³-hybridized carbons (Fsp3) is 0.484. The van der Waals surface area contributed by atoms with Crippen molar-refractivity contribution in [2.24, 2.45) is 5.92 Å². The first-order valence-electron chi connectivity index (χ1n) is 13.7. The summed E-state index contributed by atoms with van der Waals surface area (Å²) in [4.78, 5) is 29.7. The number of halogens is 1. The molecule has 1 amide bonds. The fourth-order valence-corrected chi connectivity index (χ4v) is 6.70. The molecule has 2 heterocycles. The van der Waals surface area contributed by atoms with Gasteiger partial charge in [0.05, 0.1) is 24.1 Å². The van der Waals surface area contributed by atoms with Gasteiger partial charge in [0.1, 0.15) is 5.75 Å². The van der Waals surface area contributed by atoms with Gasteiger partial charge in [-0.1, -0.05) is 42.8 Å². The molecular weight excluding hydrogens is 500 g/mol. The van der Waals surface area contributed by atoms with Crippen LogP contribution in [0.5, 0.6) is 5.75 Å². The van der Waals surface area contributed by atoms with E-state index in [1.807, 2.05) is 30.3 Å². The monoisotopic (exact) mass is 536 g/mol. The lowest BCUT2D eigenvalue weighted by atomic mass is 9.70. The summed E-state index contributed by atoms with van der Waals surface area (Å²) in [7, 11) is 1.74. The zero-order valence-electron chi connectivity index (χ0n) is 22.3. The molecule has 1 aliphatic carbocycles. The van der Waals surface area contributed by atoms with E-state index in [-0.39, 0.29) is 11.3 Å². The standard InChI is InChI=1S/C31H37ClN2O4/c1-21-28(30(36)37)23-10-13-27-26(18-23)34(16-7-5-3-4-6-15-33(2)29(21)35)19-31(20-38-27)14-8-9-22-17-24(32)11-12-25(22)31/h4,6,10-13,17-18,21,28H,3,5,7-9,14-16,19-20H2,1-2H3,(H,36,37)/b6-4+/t21-,28-,31+/m1/s1. The number of aryl methyl sites for hydroxylation is 1. The topological polar surface area (TPSA) is 70.1 Å². The quantitative estimate of drug-likeness (QED) is 0.465. The Labute approximate surface area is 230 Å². The maximum absolute atomic E-state index is 13.2. The third kappa shape index (κ3) is 5.15. The lowest BCUT2D eigenvalue weighted by Crippen LogP contribution is -2.46. The molecular formula is C31H37ClN2O4. The molecule has 1 spiro atoms. The van der Waals surface area contributed by atoms with E-state index in [0.717, 1.165) is 68.1 Å². The van der Waals surface area contributed by atoms with Gasteiger partial charge in [-0.05, 0) is 79.5 Å². The van der Waals surface area contributed by atoms with Crippen molar-refractivity contribution in [3.63, 3.8) is 0 Å². The van der Waals surface area contributed by atoms with Crippen molar-refractivity contribution in [3.8, 4) is 5.75 Å². The first-order valence-corrected chi connectivity index (χ1v) is 14.1. The number of ether oxygens (including phenoxy) is 1. The van der Waals surface area contributed by atoms with Crippen molar-refractivity contribution in [1.29, 1.82) is 0 Å². The second kappa shape index (κ2) is 11.0. The van der Waals surface area contributed by atoms with Crippen molar-refractivity contribution < 1.29 is 19.4 Å². The smallest absolute Gasteiger partial charge is 0.311 e. The summed E-state index contributed by atoms with van der Waals surface area (Å²) in [5, 5.41) is 11.0. The van der Waals surface area contributed by atoms with Crippen LogP contribution in [0.1, 0.15) is 61.6 Å². The molecule has 0 fully saturated rings. The Balaban J connectivity index is 1.58. The summed E-state index contributed by atoms with van der Waals surface area (Å²) in [6.45, 7) is 4.41. The van der Waals surface area contributed by atoms with Crippen LogP contribution < -0.4 is 9.64 Å². The predicted octanol–water partition coefficient (Wildman–Crippen LogP) is 5.82. The molecule has 5 rings (SSSR count). The van der Waals surface area contributed by atoms with Gasteiger partial charge in [0.2, 0.25) is 5.91 Å². The number of carbonyl (C=O) groups is 2. The van der Waals surface area contributed by atoms with Gasteiger partial charge in [-0.2, -0.15) is 0 Å². The Hall–Kier alpha value is -2.99. The largest absolute Gasteiger partial charge is 0.490 e. The highest BCUT2D eigenvalue weighted by atomic mass is 35.5. The van der Waals surface area contributed by atoms with Crippen LogP contribution in [0.3, 0.4) is 0 Å². The fourth-order valence-electron chi connectivity index (χ4n) is 6.50. The predicted molar refractivity (Wildman–Crippen MR) is 150 cm³/mol. The molecule has 7 heteroatoms. The summed E-state index contributed by atoms with van der Waals surface area (Å²) < 4.78 is 6.53. The van der Waals surface area contributed by atoms with E-state index in [1.165, 1.54) is 11.1 Å². The first kappa shape index (κ1) is 26.6. The molecule has 0 saturated heterocycles. The average Bonchev–Trinajstić information content (AvgIpc) is 3.04. The summed E-state index contributed by atoms with van der Waals surface area (Å²) in [5.41, 5.74) is 4.00. The highest BCUT2D eigenvalue weighted by Crippen LogP contribution is 2.45. The number of hydrogen-bond acceptors (Lipinski definition) is 4. The Bertz CT molecular complexity index is 1240. The van der Waals surface area contributed by atoms with Gasteiger partial charge in [0.25, 0.3) is 0 Å². The second-order valence-corrected chi connectivity index (χ2v) is 11.6. The summed E-state index contributed by atoms with van der Waals surface area (Å²) in [6.07, 6.45) is 10.2. The minimum atomic E-state index is -0.991. The Morgan fingerprint density at radius 3 is 2.79 bits per heavy atom. The molecule has 1 N–H and O–H groups in total. The third-order valence-electron chi connectivity index (χ3n) is 8.55. The molecule has 2 bridgehead atoms. The SMILES string of the molecule is C[C@H]1C(=O)N(C)C/C=C/CCCCN2C[C@@]3(CCCc4cc(Cl)ccc43)COc3ccc(cc32)[C@@H]1C(=O)O. The molecule has 0 aromatic heterocycles. The highest BCUT2D eigenvalue weighted by molar-refractivity contribution is 6.30. The van der Waals surface area contributed by atoms with Crippen LogP contribution in [-0.4, -0.2) is 55.2 Å². The third-order valence-corrected chi connectivity index (χ3v) is 8.78. The highest BCUT2D eigenvalue weighted by Gasteiger charge is 2.42. The van der Waals surface area contributed by atoms with Crippen molar-refractivity contribution >= 4 is 29.2 Å². The van der Waals surface area contributed by atoms with Crippen molar-refractivity contribution in [3.05, 3.63) is 70.3 Å². The number of anilines is 1. The zero-order chi connectivity index (χ0) is 26.9. The van der Waals surface area contributed by atoms with Gasteiger partial charge in [0.15, 0.2) is 0 Å². The zero-order valence-corrected chi connectivity index (χ0v) is 23.0. The minimum absolute atomic E-state index is 0.168. The van der Waals surface area contributed by atoms with Gasteiger partial charge in [-0.15, -0.1) is 0 Å². The van der Waals surface area contributed by atoms with Gasteiger partial charge < -0.3 is 19.6 Å². The number of amides is 1. The summed E-state index contributed by atoms with van der Waals surface area (Å²) in [6, 6.07) is 11.9. The number of allylic oxidation sites excluding steroid dienone is 1. The van der Waals surface area contributed by atoms with E-state index in [2.05, 4.69) is 23.1 Å². The van der Waals surface area contributed by atoms with E-state index >= 15 is 0 Å². The van der Waals surface area contributed by atoms with Crippen LogP contribution in [0.15, 0.2) is 48.6 Å². The Kier molecular flexibility index (Phi) is 7.71. The maximum Gasteiger partial charge on any atom is 0.311 e. The average molecular weight is 537 g/mol. The lowest BCUT2D eigenvalue weighted by molar-refractivity contribution is -0.145. The number of rotatable bonds is 1. The van der Waals surface area contributed by atoms with E-state index < -0.39 is 17.8 Å². The Morgan fingerprint density at radius 1 is 1.13 bits per heavy atom. The van der Waals surface area contributed by atoms with Crippen LogP contribution >= 0.6 is 11.6 Å². The molecule has 2 aliphatic heterocycles. The van der Waals surface area contributed by atoms with Crippen LogP contribution in [0.4, 0.5) is 5.69 Å². The van der Waals surface area contributed by atoms with Crippen LogP contribution in [0.25, 0.3) is 0 Å². The number of nitrogens with zero attached hydrogens (tertiary/aromatic N) is 2. The van der Waals surface area contributed by atoms with Gasteiger partial charge in [-0.3, -0.25) is 9.59 Å². The van der Waals surface area contributed by atoms with Gasteiger partial charge in [0, 0.05) is 37.1 Å². The van der Waals surface area contributed by atoms with Crippen LogP contribution in [0.2, 0.25) is 5.02 Å². The second-order valence-electron chi connectivity index (χ2n) is 11.2. The number of fused-ring (bicyclic) bond motifs is 3. The molecule has 6 nitrogen and oxygen atoms in total. The number of hydrogen-bond donors (Lipinski definition) is 1. The lowest BCUT2D eigenvalue weighted by Gasteiger charge is -2.41. The Morgan fingerprint density at radius 2 is 1.97 bits per heavy atom. The number of carbonyl (C=O) groups excluding carboxylic acids is 1. The molecule has 0 saturated carbocycles. The minimum Gasteiger partial charge on any atom is -0.490 e. The van der Waals surface area contributed by atoms with E-state index in [0.29, 0.717) is 18.7 Å². The van der Waals surface area contributed by atoms with Crippen molar-refractivity contribution in [1.82, 2.24) is 4.90 Å². The number of benzene rings is 2. The molecule has 3 atom stereocenters. The van der Waals surface area contributed by atoms with Crippen LogP contribution in [-0.2, 0) is 21.4 Å². The molecule has 2 aromatic carbocycles. The maximum atomic E-state index is 13.2. The normalized spacial score (nSPS) is 27.0. The van der Waals surface area contributed by atoms with Crippen molar-refractivity contribution in [2.75, 3.05) is 38.2 Å². The molecule has 3 aliphatic rings. The van der Waals surface area contributed by atoms with Crippen LogP contribution in [0, 0.1) is 5.92 Å². The molecule has 0 radical (unpaired) electrons. The first-order chi connectivity index (χ1) is 18.3. The molecule has 0 unspecified atom stereocenters. The summed E-state index contributed by atoms with van der Waals surface area (Å²) >= 11 is 6.36. The van der Waals surface area contributed by atoms with E-state index in [9.17, 15) is 14.7 Å². The number of carboxylic acids is 1. The number of carboxylic acid groups (broad SMARTS) is 1. The van der Waals surface area contributed by atoms with Crippen molar-refractivity contribution in [2.45, 2.75) is 56.8 Å². The molecule has 2 aromatic rings. The van der Waals surface area contributed by atoms with Gasteiger partial charge in [-0.25, -0.2) is 0 Å².